The van der Waals surface area contributed by atoms with Crippen LogP contribution in [-0.2, 0) is 0 Å². The Morgan fingerprint density at radius 1 is 1.00 bits per heavy atom. The van der Waals surface area contributed by atoms with Crippen molar-refractivity contribution in [3.63, 3.8) is 0 Å². The smallest absolute Gasteiger partial charge is 0.122 e. The largest absolute Gasteiger partial charge is 0.493 e. The van der Waals surface area contributed by atoms with Gasteiger partial charge in [0, 0.05) is 0 Å². The predicted molar refractivity (Wildman–Crippen MR) is 96.3 cm³/mol. The summed E-state index contributed by atoms with van der Waals surface area (Å²) in [6.45, 7) is 11.3. The molecule has 0 saturated heterocycles. The van der Waals surface area contributed by atoms with E-state index in [-0.39, 0.29) is 5.92 Å². The molecule has 2 N–H and O–H groups in total. The minimum atomic E-state index is -0.663. The molecule has 1 aromatic carbocycles. The lowest BCUT2D eigenvalue weighted by Crippen LogP contribution is -2.27. The molecule has 0 saturated carbocycles. The first-order valence-corrected chi connectivity index (χ1v) is 9.03. The molecule has 1 rings (SSSR count). The molecule has 0 spiro atoms. The van der Waals surface area contributed by atoms with Crippen molar-refractivity contribution in [3.8, 4) is 5.75 Å². The van der Waals surface area contributed by atoms with Crippen LogP contribution in [0, 0.1) is 0 Å². The zero-order chi connectivity index (χ0) is 17.4. The minimum Gasteiger partial charge on any atom is -0.493 e. The predicted octanol–water partition coefficient (Wildman–Crippen LogP) is 4.61. The molecule has 0 radical (unpaired) electrons. The van der Waals surface area contributed by atoms with Crippen molar-refractivity contribution in [2.24, 2.45) is 0 Å². The summed E-state index contributed by atoms with van der Waals surface area (Å²) in [7, 11) is 0. The molecule has 0 aliphatic rings. The maximum Gasteiger partial charge on any atom is 0.122 e. The Morgan fingerprint density at radius 2 is 1.70 bits per heavy atom. The van der Waals surface area contributed by atoms with Crippen molar-refractivity contribution in [1.29, 1.82) is 0 Å². The molecule has 1 aromatic rings. The van der Waals surface area contributed by atoms with Gasteiger partial charge in [0.2, 0.25) is 0 Å². The summed E-state index contributed by atoms with van der Waals surface area (Å²) in [5.74, 6) is 1.56. The number of rotatable bonds is 10. The van der Waals surface area contributed by atoms with E-state index >= 15 is 0 Å². The molecule has 3 atom stereocenters. The third-order valence-electron chi connectivity index (χ3n) is 4.31. The van der Waals surface area contributed by atoms with Crippen LogP contribution in [0.4, 0.5) is 0 Å². The van der Waals surface area contributed by atoms with E-state index < -0.39 is 12.2 Å². The van der Waals surface area contributed by atoms with E-state index in [9.17, 15) is 10.2 Å². The van der Waals surface area contributed by atoms with Crippen LogP contribution in [0.15, 0.2) is 18.2 Å². The zero-order valence-corrected chi connectivity index (χ0v) is 15.4. The van der Waals surface area contributed by atoms with E-state index in [0.29, 0.717) is 18.8 Å². The van der Waals surface area contributed by atoms with Gasteiger partial charge in [0.05, 0.1) is 18.8 Å². The van der Waals surface area contributed by atoms with E-state index in [4.69, 9.17) is 4.74 Å². The maximum absolute atomic E-state index is 10.2. The highest BCUT2D eigenvalue weighted by Gasteiger charge is 2.20. The van der Waals surface area contributed by atoms with Crippen LogP contribution in [0.3, 0.4) is 0 Å². The van der Waals surface area contributed by atoms with E-state index in [1.807, 2.05) is 13.0 Å². The normalized spacial score (nSPS) is 15.5. The summed E-state index contributed by atoms with van der Waals surface area (Å²) in [4.78, 5) is 0. The highest BCUT2D eigenvalue weighted by atomic mass is 16.5. The number of hydrogen-bond donors (Lipinski definition) is 2. The van der Waals surface area contributed by atoms with Crippen molar-refractivity contribution in [1.82, 2.24) is 0 Å². The quantitative estimate of drug-likeness (QED) is 0.661. The van der Waals surface area contributed by atoms with Gasteiger partial charge in [-0.3, -0.25) is 0 Å². The molecule has 0 aliphatic carbocycles. The average Bonchev–Trinajstić information content (AvgIpc) is 2.52. The summed E-state index contributed by atoms with van der Waals surface area (Å²) in [5.41, 5.74) is 2.41. The van der Waals surface area contributed by atoms with Gasteiger partial charge in [0.25, 0.3) is 0 Å². The van der Waals surface area contributed by atoms with Crippen molar-refractivity contribution in [3.05, 3.63) is 29.3 Å². The summed E-state index contributed by atoms with van der Waals surface area (Å²) < 4.78 is 5.84. The van der Waals surface area contributed by atoms with Crippen molar-refractivity contribution < 1.29 is 14.9 Å². The first-order valence-electron chi connectivity index (χ1n) is 9.03. The third kappa shape index (κ3) is 6.15. The standard InChI is InChI=1S/C20H34O3/c1-6-8-18(21)19(22)12-15(5)16-9-10-20(23-11-7-2)17(13-16)14(3)4/h9-10,13-15,18-19,21-22H,6-8,11-12H2,1-5H3. The fraction of sp³-hybridized carbons (Fsp3) is 0.700. The van der Waals surface area contributed by atoms with Gasteiger partial charge in [0.15, 0.2) is 0 Å². The Bertz CT molecular complexity index is 456. The van der Waals surface area contributed by atoms with Crippen LogP contribution >= 0.6 is 0 Å². The molecular weight excluding hydrogens is 288 g/mol. The number of hydrogen-bond acceptors (Lipinski definition) is 3. The molecule has 3 heteroatoms. The number of aliphatic hydroxyl groups excluding tert-OH is 2. The molecule has 23 heavy (non-hydrogen) atoms. The first kappa shape index (κ1) is 20.0. The minimum absolute atomic E-state index is 0.203. The molecule has 3 unspecified atom stereocenters. The molecule has 0 amide bonds. The Labute approximate surface area is 141 Å². The first-order chi connectivity index (χ1) is 10.9. The summed E-state index contributed by atoms with van der Waals surface area (Å²) in [6, 6.07) is 6.32. The van der Waals surface area contributed by atoms with Crippen LogP contribution in [0.25, 0.3) is 0 Å². The Morgan fingerprint density at radius 3 is 2.26 bits per heavy atom. The maximum atomic E-state index is 10.2. The molecular formula is C20H34O3. The number of benzene rings is 1. The van der Waals surface area contributed by atoms with E-state index in [0.717, 1.165) is 25.2 Å². The van der Waals surface area contributed by atoms with Gasteiger partial charge >= 0.3 is 0 Å². The fourth-order valence-corrected chi connectivity index (χ4v) is 2.81. The Balaban J connectivity index is 2.84. The second-order valence-corrected chi connectivity index (χ2v) is 6.86. The Kier molecular flexibility index (Phi) is 8.64. The van der Waals surface area contributed by atoms with Gasteiger partial charge in [-0.15, -0.1) is 0 Å². The highest BCUT2D eigenvalue weighted by Crippen LogP contribution is 2.32. The van der Waals surface area contributed by atoms with Crippen molar-refractivity contribution in [2.75, 3.05) is 6.61 Å². The summed E-state index contributed by atoms with van der Waals surface area (Å²) >= 11 is 0. The second-order valence-electron chi connectivity index (χ2n) is 6.86. The highest BCUT2D eigenvalue weighted by molar-refractivity contribution is 5.40. The molecule has 3 nitrogen and oxygen atoms in total. The van der Waals surface area contributed by atoms with E-state index in [2.05, 4.69) is 39.8 Å². The fourth-order valence-electron chi connectivity index (χ4n) is 2.81. The monoisotopic (exact) mass is 322 g/mol. The second kappa shape index (κ2) is 9.94. The molecule has 0 aliphatic heterocycles. The third-order valence-corrected chi connectivity index (χ3v) is 4.31. The van der Waals surface area contributed by atoms with Crippen LogP contribution in [0.2, 0.25) is 0 Å². The van der Waals surface area contributed by atoms with E-state index in [1.54, 1.807) is 0 Å². The lowest BCUT2D eigenvalue weighted by molar-refractivity contribution is 0.00637. The van der Waals surface area contributed by atoms with Crippen LogP contribution in [-0.4, -0.2) is 29.0 Å². The summed E-state index contributed by atoms with van der Waals surface area (Å²) in [6.07, 6.45) is 1.82. The topological polar surface area (TPSA) is 49.7 Å². The van der Waals surface area contributed by atoms with Gasteiger partial charge in [-0.05, 0) is 48.3 Å². The van der Waals surface area contributed by atoms with Crippen LogP contribution in [0.1, 0.15) is 83.3 Å². The van der Waals surface area contributed by atoms with Crippen LogP contribution < -0.4 is 4.74 Å². The number of aliphatic hydroxyl groups is 2. The molecule has 0 aromatic heterocycles. The Hall–Kier alpha value is -1.06. The average molecular weight is 322 g/mol. The van der Waals surface area contributed by atoms with Gasteiger partial charge in [-0.2, -0.15) is 0 Å². The summed E-state index contributed by atoms with van der Waals surface area (Å²) in [5, 5.41) is 20.1. The van der Waals surface area contributed by atoms with Crippen molar-refractivity contribution in [2.45, 2.75) is 84.3 Å². The molecule has 0 heterocycles. The SMILES string of the molecule is CCCOc1ccc(C(C)CC(O)C(O)CCC)cc1C(C)C. The van der Waals surface area contributed by atoms with Crippen molar-refractivity contribution >= 4 is 0 Å². The zero-order valence-electron chi connectivity index (χ0n) is 15.4. The van der Waals surface area contributed by atoms with Gasteiger partial charge in [-0.25, -0.2) is 0 Å². The molecule has 0 bridgehead atoms. The lowest BCUT2D eigenvalue weighted by Gasteiger charge is -2.23. The van der Waals surface area contributed by atoms with E-state index in [1.165, 1.54) is 11.1 Å². The van der Waals surface area contributed by atoms with Gasteiger partial charge in [0.1, 0.15) is 5.75 Å². The van der Waals surface area contributed by atoms with Gasteiger partial charge < -0.3 is 14.9 Å². The number of ether oxygens (including phenoxy) is 1. The lowest BCUT2D eigenvalue weighted by atomic mass is 9.89. The molecule has 132 valence electrons. The van der Waals surface area contributed by atoms with Gasteiger partial charge in [-0.1, -0.05) is 53.2 Å². The van der Waals surface area contributed by atoms with Crippen LogP contribution in [0.5, 0.6) is 5.75 Å². The molecule has 0 fully saturated rings.